The van der Waals surface area contributed by atoms with Crippen molar-refractivity contribution in [1.29, 1.82) is 0 Å². The minimum Gasteiger partial charge on any atom is -0.361 e. The number of aromatic amines is 1. The number of rotatable bonds is 7. The normalized spacial score (nSPS) is 13.9. The van der Waals surface area contributed by atoms with Crippen LogP contribution < -0.4 is 5.32 Å². The molecule has 0 saturated carbocycles. The molecule has 1 aromatic heterocycles. The van der Waals surface area contributed by atoms with Gasteiger partial charge in [0, 0.05) is 35.5 Å². The number of halogens is 3. The van der Waals surface area contributed by atoms with Crippen molar-refractivity contribution in [2.75, 3.05) is 0 Å². The van der Waals surface area contributed by atoms with Crippen LogP contribution in [0.15, 0.2) is 48.7 Å². The minimum atomic E-state index is -4.50. The average Bonchev–Trinajstić information content (AvgIpc) is 3.15. The monoisotopic (exact) mass is 416 g/mol. The van der Waals surface area contributed by atoms with Gasteiger partial charge in [0.25, 0.3) is 0 Å². The summed E-state index contributed by atoms with van der Waals surface area (Å²) in [7, 11) is 0. The summed E-state index contributed by atoms with van der Waals surface area (Å²) >= 11 is 0. The molecular weight excluding hydrogens is 389 g/mol. The minimum absolute atomic E-state index is 0.0364. The number of hydrogen-bond acceptors (Lipinski definition) is 1. The Balaban J connectivity index is 2.14. The number of alkyl halides is 3. The molecule has 0 spiro atoms. The fourth-order valence-corrected chi connectivity index (χ4v) is 3.89. The number of aromatic nitrogens is 1. The Labute approximate surface area is 174 Å². The first-order valence-corrected chi connectivity index (χ1v) is 10.3. The molecule has 1 amide bonds. The summed E-state index contributed by atoms with van der Waals surface area (Å²) in [6.45, 7) is 5.87. The van der Waals surface area contributed by atoms with Crippen LogP contribution >= 0.6 is 0 Å². The van der Waals surface area contributed by atoms with Gasteiger partial charge in [-0.15, -0.1) is 0 Å². The zero-order valence-corrected chi connectivity index (χ0v) is 17.4. The summed E-state index contributed by atoms with van der Waals surface area (Å²) in [5, 5.41) is 3.74. The molecule has 0 fully saturated rings. The molecule has 0 saturated heterocycles. The van der Waals surface area contributed by atoms with Crippen molar-refractivity contribution in [1.82, 2.24) is 10.3 Å². The van der Waals surface area contributed by atoms with Gasteiger partial charge in [0.1, 0.15) is 0 Å². The van der Waals surface area contributed by atoms with Crippen LogP contribution in [0, 0.1) is 0 Å². The van der Waals surface area contributed by atoms with Crippen molar-refractivity contribution in [3.05, 3.63) is 70.9 Å². The number of fused-ring (bicyclic) bond motifs is 1. The number of benzene rings is 2. The van der Waals surface area contributed by atoms with Crippen molar-refractivity contribution in [2.45, 2.75) is 58.2 Å². The van der Waals surface area contributed by atoms with E-state index in [1.54, 1.807) is 12.3 Å². The molecule has 0 aliphatic carbocycles. The van der Waals surface area contributed by atoms with Gasteiger partial charge in [-0.05, 0) is 42.5 Å². The van der Waals surface area contributed by atoms with Gasteiger partial charge in [0.05, 0.1) is 5.56 Å². The lowest BCUT2D eigenvalue weighted by molar-refractivity contribution is -0.138. The molecule has 0 unspecified atom stereocenters. The molecule has 3 nitrogen and oxygen atoms in total. The summed E-state index contributed by atoms with van der Waals surface area (Å²) in [6, 6.07) is 11.3. The summed E-state index contributed by atoms with van der Waals surface area (Å²) in [5.74, 6) is -0.972. The van der Waals surface area contributed by atoms with Crippen LogP contribution in [0.5, 0.6) is 0 Å². The zero-order valence-electron chi connectivity index (χ0n) is 17.4. The molecule has 3 aromatic rings. The molecule has 1 heterocycles. The third kappa shape index (κ3) is 4.53. The highest BCUT2D eigenvalue weighted by Crippen LogP contribution is 2.41. The van der Waals surface area contributed by atoms with Crippen LogP contribution in [0.3, 0.4) is 0 Å². The SMILES string of the molecule is CCc1cccc2c([C@@H](CC(=O)N[C@H](C)CC)c3ccccc3C(F)(F)F)c[nH]c12. The first-order chi connectivity index (χ1) is 14.3. The molecule has 2 atom stereocenters. The number of carbonyl (C=O) groups is 1. The van der Waals surface area contributed by atoms with Gasteiger partial charge >= 0.3 is 6.18 Å². The molecule has 160 valence electrons. The Bertz CT molecular complexity index is 1020. The molecule has 2 N–H and O–H groups in total. The number of carbonyl (C=O) groups excluding carboxylic acids is 1. The van der Waals surface area contributed by atoms with Gasteiger partial charge in [-0.1, -0.05) is 50.2 Å². The summed E-state index contributed by atoms with van der Waals surface area (Å²) in [4.78, 5) is 15.9. The van der Waals surface area contributed by atoms with Crippen molar-refractivity contribution in [3.63, 3.8) is 0 Å². The van der Waals surface area contributed by atoms with Crippen LogP contribution in [0.1, 0.15) is 61.8 Å². The molecular formula is C24H27F3N2O. The number of nitrogens with one attached hydrogen (secondary N) is 2. The number of hydrogen-bond donors (Lipinski definition) is 2. The second-order valence-corrected chi connectivity index (χ2v) is 7.66. The van der Waals surface area contributed by atoms with Crippen molar-refractivity contribution < 1.29 is 18.0 Å². The highest BCUT2D eigenvalue weighted by molar-refractivity contribution is 5.88. The highest BCUT2D eigenvalue weighted by atomic mass is 19.4. The predicted molar refractivity (Wildman–Crippen MR) is 113 cm³/mol. The van der Waals surface area contributed by atoms with E-state index < -0.39 is 17.7 Å². The van der Waals surface area contributed by atoms with Crippen LogP contribution in [-0.4, -0.2) is 16.9 Å². The quantitative estimate of drug-likeness (QED) is 0.474. The average molecular weight is 416 g/mol. The van der Waals surface area contributed by atoms with E-state index in [4.69, 9.17) is 0 Å². The Hall–Kier alpha value is -2.76. The van der Waals surface area contributed by atoms with E-state index in [1.807, 2.05) is 39.0 Å². The number of aryl methyl sites for hydroxylation is 1. The van der Waals surface area contributed by atoms with Gasteiger partial charge in [0.2, 0.25) is 5.91 Å². The lowest BCUT2D eigenvalue weighted by Gasteiger charge is -2.22. The molecule has 6 heteroatoms. The highest BCUT2D eigenvalue weighted by Gasteiger charge is 2.36. The molecule has 3 rings (SSSR count). The van der Waals surface area contributed by atoms with E-state index in [2.05, 4.69) is 10.3 Å². The van der Waals surface area contributed by atoms with Crippen LogP contribution in [0.25, 0.3) is 10.9 Å². The lowest BCUT2D eigenvalue weighted by Crippen LogP contribution is -2.33. The Morgan fingerprint density at radius 2 is 1.80 bits per heavy atom. The van der Waals surface area contributed by atoms with Crippen molar-refractivity contribution in [2.24, 2.45) is 0 Å². The van der Waals surface area contributed by atoms with Gasteiger partial charge in [-0.3, -0.25) is 4.79 Å². The molecule has 2 aromatic carbocycles. The van der Waals surface area contributed by atoms with Crippen molar-refractivity contribution in [3.8, 4) is 0 Å². The predicted octanol–water partition coefficient (Wildman–Crippen LogP) is 6.19. The largest absolute Gasteiger partial charge is 0.416 e. The van der Waals surface area contributed by atoms with Crippen LogP contribution in [-0.2, 0) is 17.4 Å². The molecule has 0 aliphatic heterocycles. The third-order valence-electron chi connectivity index (χ3n) is 5.64. The molecule has 0 radical (unpaired) electrons. The van der Waals surface area contributed by atoms with E-state index in [-0.39, 0.29) is 23.9 Å². The van der Waals surface area contributed by atoms with E-state index in [9.17, 15) is 18.0 Å². The maximum absolute atomic E-state index is 13.8. The molecule has 0 aliphatic rings. The van der Waals surface area contributed by atoms with Gasteiger partial charge < -0.3 is 10.3 Å². The maximum atomic E-state index is 13.8. The first kappa shape index (κ1) is 21.9. The Morgan fingerprint density at radius 1 is 1.07 bits per heavy atom. The number of para-hydroxylation sites is 1. The second kappa shape index (κ2) is 8.94. The van der Waals surface area contributed by atoms with Crippen molar-refractivity contribution >= 4 is 16.8 Å². The van der Waals surface area contributed by atoms with Gasteiger partial charge in [-0.25, -0.2) is 0 Å². The number of amides is 1. The summed E-state index contributed by atoms with van der Waals surface area (Å²) in [6.07, 6.45) is -1.25. The standard InChI is InChI=1S/C24H27F3N2O/c1-4-15(3)29-22(30)13-19(17-10-6-7-12-21(17)24(25,26)27)20-14-28-23-16(5-2)9-8-11-18(20)23/h6-12,14-15,19,28H,4-5,13H2,1-3H3,(H,29,30)/t15-,19+/m1/s1. The summed E-state index contributed by atoms with van der Waals surface area (Å²) < 4.78 is 41.3. The van der Waals surface area contributed by atoms with E-state index in [0.29, 0.717) is 5.56 Å². The third-order valence-corrected chi connectivity index (χ3v) is 5.64. The summed E-state index contributed by atoms with van der Waals surface area (Å²) in [5.41, 5.74) is 2.12. The zero-order chi connectivity index (χ0) is 21.9. The Morgan fingerprint density at radius 3 is 2.47 bits per heavy atom. The van der Waals surface area contributed by atoms with Crippen LogP contribution in [0.2, 0.25) is 0 Å². The first-order valence-electron chi connectivity index (χ1n) is 10.3. The Kier molecular flexibility index (Phi) is 6.54. The molecule has 0 bridgehead atoms. The van der Waals surface area contributed by atoms with Gasteiger partial charge in [0.15, 0.2) is 0 Å². The maximum Gasteiger partial charge on any atom is 0.416 e. The lowest BCUT2D eigenvalue weighted by atomic mass is 9.84. The van der Waals surface area contributed by atoms with Crippen LogP contribution in [0.4, 0.5) is 13.2 Å². The van der Waals surface area contributed by atoms with Gasteiger partial charge in [-0.2, -0.15) is 13.2 Å². The smallest absolute Gasteiger partial charge is 0.361 e. The molecule has 30 heavy (non-hydrogen) atoms. The van der Waals surface area contributed by atoms with E-state index in [0.717, 1.165) is 35.4 Å². The van der Waals surface area contributed by atoms with E-state index in [1.165, 1.54) is 12.1 Å². The second-order valence-electron chi connectivity index (χ2n) is 7.66. The fourth-order valence-electron chi connectivity index (χ4n) is 3.89. The van der Waals surface area contributed by atoms with E-state index >= 15 is 0 Å². The fraction of sp³-hybridized carbons (Fsp3) is 0.375. The topological polar surface area (TPSA) is 44.9 Å². The number of H-pyrrole nitrogens is 1.